The Morgan fingerprint density at radius 3 is 2.81 bits per heavy atom. The molecular formula is C24H28FN3O3S. The van der Waals surface area contributed by atoms with Gasteiger partial charge in [0.1, 0.15) is 11.7 Å². The number of carbonyl (C=O) groups excluding carboxylic acids is 1. The number of rotatable bonds is 8. The number of aliphatic imine (C=N–C) groups is 1. The van der Waals surface area contributed by atoms with Crippen LogP contribution in [-0.4, -0.2) is 44.2 Å². The molecule has 2 aromatic carbocycles. The van der Waals surface area contributed by atoms with E-state index in [-0.39, 0.29) is 22.7 Å². The normalized spacial score (nSPS) is 20.3. The topological polar surface area (TPSA) is 78.8 Å². The minimum Gasteiger partial charge on any atom is -0.339 e. The standard InChI is InChI=1S/C24H28FN3O3S/c25-19-9-6-8-18(16-19)17-20-10-7-15-28(20)23(29)13-2-1-5-14-26-24-21-11-3-4-12-22(21)32(30,31)27-24/h3-4,6,8-9,11-12,16,20H,1-2,5,7,10,13-15,17H2,(H,26,27). The van der Waals surface area contributed by atoms with Crippen LogP contribution in [0.4, 0.5) is 4.39 Å². The van der Waals surface area contributed by atoms with E-state index in [4.69, 9.17) is 0 Å². The number of hydrogen-bond acceptors (Lipinski definition) is 4. The highest BCUT2D eigenvalue weighted by atomic mass is 32.2. The first-order valence-electron chi connectivity index (χ1n) is 11.1. The van der Waals surface area contributed by atoms with Crippen LogP contribution in [0, 0.1) is 5.82 Å². The van der Waals surface area contributed by atoms with Crippen molar-refractivity contribution < 1.29 is 17.6 Å². The molecule has 1 atom stereocenters. The third kappa shape index (κ3) is 5.18. The lowest BCUT2D eigenvalue weighted by molar-refractivity contribution is -0.132. The second kappa shape index (κ2) is 9.81. The van der Waals surface area contributed by atoms with Crippen molar-refractivity contribution in [3.63, 3.8) is 0 Å². The fraction of sp³-hybridized carbons (Fsp3) is 0.417. The van der Waals surface area contributed by atoms with E-state index in [2.05, 4.69) is 9.71 Å². The van der Waals surface area contributed by atoms with Crippen molar-refractivity contribution >= 4 is 21.8 Å². The number of amides is 1. The maximum absolute atomic E-state index is 13.5. The van der Waals surface area contributed by atoms with Crippen molar-refractivity contribution in [2.24, 2.45) is 4.99 Å². The van der Waals surface area contributed by atoms with Gasteiger partial charge >= 0.3 is 0 Å². The van der Waals surface area contributed by atoms with E-state index >= 15 is 0 Å². The monoisotopic (exact) mass is 457 g/mol. The molecule has 1 amide bonds. The molecule has 0 bridgehead atoms. The van der Waals surface area contributed by atoms with E-state index in [0.29, 0.717) is 30.8 Å². The molecule has 1 N–H and O–H groups in total. The first kappa shape index (κ1) is 22.5. The van der Waals surface area contributed by atoms with Crippen molar-refractivity contribution in [1.82, 2.24) is 9.62 Å². The van der Waals surface area contributed by atoms with Gasteiger partial charge in [0.05, 0.1) is 4.90 Å². The SMILES string of the molecule is O=C(CCCCCN=C1NS(=O)(=O)c2ccccc21)N1CCCC1Cc1cccc(F)c1. The van der Waals surface area contributed by atoms with Crippen LogP contribution in [0.1, 0.15) is 49.7 Å². The maximum Gasteiger partial charge on any atom is 0.263 e. The second-order valence-corrected chi connectivity index (χ2v) is 10.0. The van der Waals surface area contributed by atoms with Gasteiger partial charge in [0.2, 0.25) is 5.91 Å². The number of fused-ring (bicyclic) bond motifs is 1. The second-order valence-electron chi connectivity index (χ2n) is 8.36. The van der Waals surface area contributed by atoms with E-state index in [9.17, 15) is 17.6 Å². The van der Waals surface area contributed by atoms with Crippen LogP contribution < -0.4 is 4.72 Å². The van der Waals surface area contributed by atoms with E-state index in [0.717, 1.165) is 44.2 Å². The number of sulfonamides is 1. The molecule has 0 aliphatic carbocycles. The summed E-state index contributed by atoms with van der Waals surface area (Å²) >= 11 is 0. The molecule has 2 aliphatic rings. The molecule has 8 heteroatoms. The zero-order valence-electron chi connectivity index (χ0n) is 18.0. The first-order valence-corrected chi connectivity index (χ1v) is 12.6. The van der Waals surface area contributed by atoms with Crippen LogP contribution in [0.25, 0.3) is 0 Å². The number of likely N-dealkylation sites (tertiary alicyclic amines) is 1. The third-order valence-corrected chi connectivity index (χ3v) is 7.44. The Kier molecular flexibility index (Phi) is 6.89. The van der Waals surface area contributed by atoms with Crippen LogP contribution in [0.15, 0.2) is 58.4 Å². The number of halogens is 1. The molecule has 6 nitrogen and oxygen atoms in total. The molecular weight excluding hydrogens is 429 g/mol. The molecule has 4 rings (SSSR count). The van der Waals surface area contributed by atoms with E-state index in [1.807, 2.05) is 11.0 Å². The number of benzene rings is 2. The van der Waals surface area contributed by atoms with Gasteiger partial charge in [-0.3, -0.25) is 14.5 Å². The van der Waals surface area contributed by atoms with Crippen molar-refractivity contribution in [3.05, 3.63) is 65.5 Å². The number of unbranched alkanes of at least 4 members (excludes halogenated alkanes) is 2. The lowest BCUT2D eigenvalue weighted by atomic mass is 10.0. The number of hydrogen-bond donors (Lipinski definition) is 1. The van der Waals surface area contributed by atoms with Gasteiger partial charge in [-0.25, -0.2) is 12.8 Å². The summed E-state index contributed by atoms with van der Waals surface area (Å²) in [6, 6.07) is 13.6. The van der Waals surface area contributed by atoms with E-state index in [1.54, 1.807) is 36.4 Å². The Balaban J connectivity index is 1.21. The maximum atomic E-state index is 13.5. The Morgan fingerprint density at radius 2 is 1.97 bits per heavy atom. The van der Waals surface area contributed by atoms with Gasteiger partial charge < -0.3 is 4.90 Å². The zero-order chi connectivity index (χ0) is 22.6. The van der Waals surface area contributed by atoms with Gasteiger partial charge in [-0.15, -0.1) is 0 Å². The highest BCUT2D eigenvalue weighted by Gasteiger charge is 2.30. The molecule has 2 aliphatic heterocycles. The number of amidine groups is 1. The third-order valence-electron chi connectivity index (χ3n) is 6.04. The molecule has 170 valence electrons. The van der Waals surface area contributed by atoms with Crippen molar-refractivity contribution in [2.75, 3.05) is 13.1 Å². The fourth-order valence-corrected chi connectivity index (χ4v) is 5.71. The van der Waals surface area contributed by atoms with Gasteiger partial charge in [0.15, 0.2) is 0 Å². The summed E-state index contributed by atoms with van der Waals surface area (Å²) in [7, 11) is -3.50. The summed E-state index contributed by atoms with van der Waals surface area (Å²) in [6.07, 6.45) is 5.53. The summed E-state index contributed by atoms with van der Waals surface area (Å²) in [6.45, 7) is 1.28. The smallest absolute Gasteiger partial charge is 0.263 e. The quantitative estimate of drug-likeness (QED) is 0.615. The van der Waals surface area contributed by atoms with Crippen molar-refractivity contribution in [1.29, 1.82) is 0 Å². The Hall–Kier alpha value is -2.74. The lowest BCUT2D eigenvalue weighted by Crippen LogP contribution is -2.36. The Morgan fingerprint density at radius 1 is 1.12 bits per heavy atom. The fourth-order valence-electron chi connectivity index (χ4n) is 4.46. The van der Waals surface area contributed by atoms with Gasteiger partial charge in [-0.2, -0.15) is 0 Å². The lowest BCUT2D eigenvalue weighted by Gasteiger charge is -2.25. The molecule has 0 radical (unpaired) electrons. The van der Waals surface area contributed by atoms with Crippen LogP contribution in [-0.2, 0) is 21.2 Å². The van der Waals surface area contributed by atoms with Gasteiger partial charge in [-0.05, 0) is 61.9 Å². The highest BCUT2D eigenvalue weighted by Crippen LogP contribution is 2.24. The summed E-state index contributed by atoms with van der Waals surface area (Å²) in [5, 5.41) is 0. The Labute approximate surface area is 188 Å². The molecule has 32 heavy (non-hydrogen) atoms. The molecule has 2 heterocycles. The minimum atomic E-state index is -3.50. The van der Waals surface area contributed by atoms with Crippen LogP contribution in [0.5, 0.6) is 0 Å². The first-order chi connectivity index (χ1) is 15.4. The van der Waals surface area contributed by atoms with Gasteiger partial charge in [0.25, 0.3) is 10.0 Å². The molecule has 0 spiro atoms. The van der Waals surface area contributed by atoms with Crippen LogP contribution >= 0.6 is 0 Å². The summed E-state index contributed by atoms with van der Waals surface area (Å²) in [5.41, 5.74) is 1.54. The highest BCUT2D eigenvalue weighted by molar-refractivity contribution is 7.90. The zero-order valence-corrected chi connectivity index (χ0v) is 18.8. The molecule has 1 unspecified atom stereocenters. The number of carbonyl (C=O) groups is 1. The molecule has 0 saturated carbocycles. The molecule has 0 aromatic heterocycles. The number of nitrogens with zero attached hydrogens (tertiary/aromatic N) is 2. The predicted molar refractivity (Wildman–Crippen MR) is 121 cm³/mol. The minimum absolute atomic E-state index is 0.145. The van der Waals surface area contributed by atoms with Crippen molar-refractivity contribution in [3.8, 4) is 0 Å². The van der Waals surface area contributed by atoms with Gasteiger partial charge in [-0.1, -0.05) is 30.7 Å². The molecule has 2 aromatic rings. The summed E-state index contributed by atoms with van der Waals surface area (Å²) in [5.74, 6) is 0.317. The van der Waals surface area contributed by atoms with E-state index in [1.165, 1.54) is 6.07 Å². The average molecular weight is 458 g/mol. The number of nitrogens with one attached hydrogen (secondary N) is 1. The predicted octanol–water partition coefficient (Wildman–Crippen LogP) is 3.66. The van der Waals surface area contributed by atoms with Crippen LogP contribution in [0.2, 0.25) is 0 Å². The van der Waals surface area contributed by atoms with Crippen molar-refractivity contribution in [2.45, 2.75) is 55.9 Å². The Bertz CT molecular complexity index is 1120. The van der Waals surface area contributed by atoms with Gasteiger partial charge in [0, 0.05) is 31.1 Å². The van der Waals surface area contributed by atoms with Crippen LogP contribution in [0.3, 0.4) is 0 Å². The largest absolute Gasteiger partial charge is 0.339 e. The molecule has 1 saturated heterocycles. The van der Waals surface area contributed by atoms with E-state index < -0.39 is 10.0 Å². The molecule has 1 fully saturated rings. The average Bonchev–Trinajstić information content (AvgIpc) is 3.33. The summed E-state index contributed by atoms with van der Waals surface area (Å²) in [4.78, 5) is 19.4. The summed E-state index contributed by atoms with van der Waals surface area (Å²) < 4.78 is 40.2.